The van der Waals surface area contributed by atoms with Gasteiger partial charge in [0.15, 0.2) is 4.32 Å². The molecule has 138 valence electrons. The first-order valence-electron chi connectivity index (χ1n) is 8.29. The van der Waals surface area contributed by atoms with Crippen LogP contribution in [0.1, 0.15) is 16.1 Å². The molecule has 0 radical (unpaired) electrons. The monoisotopic (exact) mass is 407 g/mol. The Balaban J connectivity index is 1.61. The van der Waals surface area contributed by atoms with E-state index in [9.17, 15) is 9.59 Å². The van der Waals surface area contributed by atoms with E-state index in [1.54, 1.807) is 36.4 Å². The van der Waals surface area contributed by atoms with Crippen LogP contribution in [0, 0.1) is 0 Å². The molecule has 0 atom stereocenters. The molecule has 2 heterocycles. The summed E-state index contributed by atoms with van der Waals surface area (Å²) in [5.41, 5.74) is 1.55. The molecule has 1 fully saturated rings. The van der Waals surface area contributed by atoms with Crippen molar-refractivity contribution in [2.75, 3.05) is 4.90 Å². The molecule has 4 rings (SSSR count). The second-order valence-electron chi connectivity index (χ2n) is 5.94. The Morgan fingerprint density at radius 2 is 1.86 bits per heavy atom. The van der Waals surface area contributed by atoms with Crippen LogP contribution in [-0.4, -0.2) is 21.3 Å². The molecule has 0 bridgehead atoms. The summed E-state index contributed by atoms with van der Waals surface area (Å²) in [6.45, 7) is 0. The molecule has 28 heavy (non-hydrogen) atoms. The fraction of sp³-hybridized carbons (Fsp3) is 0. The molecule has 1 aliphatic rings. The minimum atomic E-state index is -1.00. The van der Waals surface area contributed by atoms with Crippen LogP contribution in [-0.2, 0) is 4.79 Å². The van der Waals surface area contributed by atoms with Gasteiger partial charge in [-0.1, -0.05) is 54.3 Å². The number of nitrogens with zero attached hydrogens (tertiary/aromatic N) is 1. The Morgan fingerprint density at radius 1 is 1.07 bits per heavy atom. The number of para-hydroxylation sites is 1. The summed E-state index contributed by atoms with van der Waals surface area (Å²) in [4.78, 5) is 25.9. The zero-order chi connectivity index (χ0) is 19.7. The molecule has 1 aliphatic heterocycles. The van der Waals surface area contributed by atoms with Crippen molar-refractivity contribution in [3.8, 4) is 11.3 Å². The van der Waals surface area contributed by atoms with Crippen molar-refractivity contribution in [1.29, 1.82) is 0 Å². The number of furan rings is 1. The van der Waals surface area contributed by atoms with E-state index < -0.39 is 5.97 Å². The largest absolute Gasteiger partial charge is 0.478 e. The van der Waals surface area contributed by atoms with Crippen LogP contribution in [0.5, 0.6) is 0 Å². The van der Waals surface area contributed by atoms with Gasteiger partial charge in [-0.3, -0.25) is 9.69 Å². The van der Waals surface area contributed by atoms with E-state index in [1.807, 2.05) is 30.3 Å². The number of carboxylic acids is 1. The van der Waals surface area contributed by atoms with Gasteiger partial charge in [0.2, 0.25) is 0 Å². The molecule has 3 aromatic rings. The van der Waals surface area contributed by atoms with Gasteiger partial charge in [0.1, 0.15) is 11.5 Å². The second-order valence-corrected chi connectivity index (χ2v) is 7.62. The van der Waals surface area contributed by atoms with Gasteiger partial charge in [-0.05, 0) is 36.4 Å². The topological polar surface area (TPSA) is 70.8 Å². The van der Waals surface area contributed by atoms with Gasteiger partial charge < -0.3 is 9.52 Å². The predicted molar refractivity (Wildman–Crippen MR) is 113 cm³/mol. The molecular formula is C21H13NO4S2. The molecule has 1 amide bonds. The third-order valence-electron chi connectivity index (χ3n) is 4.10. The zero-order valence-corrected chi connectivity index (χ0v) is 16.0. The fourth-order valence-electron chi connectivity index (χ4n) is 2.79. The number of benzene rings is 2. The van der Waals surface area contributed by atoms with Gasteiger partial charge >= 0.3 is 5.97 Å². The van der Waals surface area contributed by atoms with E-state index in [2.05, 4.69) is 0 Å². The van der Waals surface area contributed by atoms with Gasteiger partial charge in [0, 0.05) is 11.6 Å². The minimum Gasteiger partial charge on any atom is -0.478 e. The Labute approximate surface area is 170 Å². The van der Waals surface area contributed by atoms with Crippen LogP contribution in [0.15, 0.2) is 76.1 Å². The standard InChI is InChI=1S/C21H13NO4S2/c23-19-18(28-21(27)22(19)15-7-2-1-3-8-15)12-16-9-10-17(26-16)13-5-4-6-14(11-13)20(24)25/h1-12H,(H,24,25)/b18-12+. The maximum atomic E-state index is 12.8. The first-order chi connectivity index (χ1) is 13.5. The SMILES string of the molecule is O=C(O)c1cccc(-c2ccc(/C=C3/SC(=S)N(c4ccccc4)C3=O)o2)c1. The Bertz CT molecular complexity index is 1120. The number of amides is 1. The van der Waals surface area contributed by atoms with Crippen molar-refractivity contribution in [2.45, 2.75) is 0 Å². The average molecular weight is 407 g/mol. The van der Waals surface area contributed by atoms with Crippen LogP contribution in [0.3, 0.4) is 0 Å². The van der Waals surface area contributed by atoms with Gasteiger partial charge in [-0.2, -0.15) is 0 Å². The molecule has 2 aromatic carbocycles. The maximum absolute atomic E-state index is 12.8. The summed E-state index contributed by atoms with van der Waals surface area (Å²) in [5.74, 6) is -0.192. The maximum Gasteiger partial charge on any atom is 0.335 e. The molecule has 0 unspecified atom stereocenters. The number of aromatic carboxylic acids is 1. The molecule has 1 N–H and O–H groups in total. The lowest BCUT2D eigenvalue weighted by atomic mass is 10.1. The Hall–Kier alpha value is -3.16. The van der Waals surface area contributed by atoms with Gasteiger partial charge in [0.25, 0.3) is 5.91 Å². The van der Waals surface area contributed by atoms with E-state index in [0.717, 1.165) is 5.69 Å². The van der Waals surface area contributed by atoms with Crippen molar-refractivity contribution in [3.63, 3.8) is 0 Å². The van der Waals surface area contributed by atoms with E-state index in [-0.39, 0.29) is 11.5 Å². The normalized spacial score (nSPS) is 15.4. The lowest BCUT2D eigenvalue weighted by Gasteiger charge is -2.13. The highest BCUT2D eigenvalue weighted by Crippen LogP contribution is 2.36. The van der Waals surface area contributed by atoms with Gasteiger partial charge in [0.05, 0.1) is 16.2 Å². The first kappa shape index (κ1) is 18.2. The molecule has 1 saturated heterocycles. The second kappa shape index (κ2) is 7.46. The van der Waals surface area contributed by atoms with Crippen LogP contribution in [0.2, 0.25) is 0 Å². The van der Waals surface area contributed by atoms with E-state index in [0.29, 0.717) is 26.3 Å². The predicted octanol–water partition coefficient (Wildman–Crippen LogP) is 5.05. The number of rotatable bonds is 4. The van der Waals surface area contributed by atoms with Crippen LogP contribution < -0.4 is 4.90 Å². The van der Waals surface area contributed by atoms with E-state index in [1.165, 1.54) is 22.7 Å². The summed E-state index contributed by atoms with van der Waals surface area (Å²) < 4.78 is 6.26. The molecule has 0 aliphatic carbocycles. The van der Waals surface area contributed by atoms with Crippen LogP contribution >= 0.6 is 24.0 Å². The van der Waals surface area contributed by atoms with Crippen LogP contribution in [0.4, 0.5) is 5.69 Å². The third-order valence-corrected chi connectivity index (χ3v) is 5.40. The van der Waals surface area contributed by atoms with E-state index >= 15 is 0 Å². The number of carbonyl (C=O) groups is 2. The van der Waals surface area contributed by atoms with E-state index in [4.69, 9.17) is 21.7 Å². The quantitative estimate of drug-likeness (QED) is 0.482. The molecule has 1 aromatic heterocycles. The first-order valence-corrected chi connectivity index (χ1v) is 9.52. The van der Waals surface area contributed by atoms with Crippen molar-refractivity contribution in [2.24, 2.45) is 0 Å². The number of thiocarbonyl (C=S) groups is 1. The molecule has 5 nitrogen and oxygen atoms in total. The summed E-state index contributed by atoms with van der Waals surface area (Å²) in [6.07, 6.45) is 1.65. The molecular weight excluding hydrogens is 394 g/mol. The number of carboxylic acid groups (broad SMARTS) is 1. The van der Waals surface area contributed by atoms with Crippen molar-refractivity contribution < 1.29 is 19.1 Å². The number of hydrogen-bond donors (Lipinski definition) is 1. The van der Waals surface area contributed by atoms with Crippen molar-refractivity contribution in [3.05, 3.63) is 83.0 Å². The summed E-state index contributed by atoms with van der Waals surface area (Å²) >= 11 is 6.57. The number of carbonyl (C=O) groups excluding carboxylic acids is 1. The van der Waals surface area contributed by atoms with Gasteiger partial charge in [-0.15, -0.1) is 0 Å². The lowest BCUT2D eigenvalue weighted by molar-refractivity contribution is -0.113. The van der Waals surface area contributed by atoms with Crippen LogP contribution in [0.25, 0.3) is 17.4 Å². The Morgan fingerprint density at radius 3 is 2.61 bits per heavy atom. The highest BCUT2D eigenvalue weighted by Gasteiger charge is 2.33. The fourth-order valence-corrected chi connectivity index (χ4v) is 4.07. The minimum absolute atomic E-state index is 0.180. The number of hydrogen-bond acceptors (Lipinski definition) is 5. The van der Waals surface area contributed by atoms with Gasteiger partial charge in [-0.25, -0.2) is 4.79 Å². The number of anilines is 1. The average Bonchev–Trinajstić information content (AvgIpc) is 3.27. The molecule has 0 saturated carbocycles. The lowest BCUT2D eigenvalue weighted by Crippen LogP contribution is -2.27. The molecule has 0 spiro atoms. The highest BCUT2D eigenvalue weighted by molar-refractivity contribution is 8.27. The zero-order valence-electron chi connectivity index (χ0n) is 14.4. The molecule has 7 heteroatoms. The Kier molecular flexibility index (Phi) is 4.85. The number of thioether (sulfide) groups is 1. The highest BCUT2D eigenvalue weighted by atomic mass is 32.2. The van der Waals surface area contributed by atoms with Crippen molar-refractivity contribution in [1.82, 2.24) is 0 Å². The summed E-state index contributed by atoms with van der Waals surface area (Å²) in [5, 5.41) is 9.13. The smallest absolute Gasteiger partial charge is 0.335 e. The third kappa shape index (κ3) is 3.49. The van der Waals surface area contributed by atoms with Crippen molar-refractivity contribution >= 4 is 51.9 Å². The summed E-state index contributed by atoms with van der Waals surface area (Å²) in [7, 11) is 0. The summed E-state index contributed by atoms with van der Waals surface area (Å²) in [6, 6.07) is 19.2.